The second kappa shape index (κ2) is 3.87. The molecule has 0 radical (unpaired) electrons. The van der Waals surface area contributed by atoms with E-state index < -0.39 is 0 Å². The van der Waals surface area contributed by atoms with Gasteiger partial charge in [-0.05, 0) is 27.8 Å². The van der Waals surface area contributed by atoms with Gasteiger partial charge in [0.25, 0.3) is 0 Å². The van der Waals surface area contributed by atoms with Crippen molar-refractivity contribution in [2.24, 2.45) is 5.73 Å². The summed E-state index contributed by atoms with van der Waals surface area (Å²) in [6.07, 6.45) is 0. The van der Waals surface area contributed by atoms with Gasteiger partial charge < -0.3 is 10.6 Å². The molecular formula is C10H21N3O. The zero-order valence-electron chi connectivity index (χ0n) is 9.58. The zero-order chi connectivity index (χ0) is 10.9. The Balaban J connectivity index is 2.64. The Labute approximate surface area is 86.0 Å². The third kappa shape index (κ3) is 2.25. The molecule has 0 spiro atoms. The molecule has 0 aromatic rings. The van der Waals surface area contributed by atoms with Gasteiger partial charge in [0.05, 0.1) is 6.04 Å². The van der Waals surface area contributed by atoms with E-state index in [1.807, 2.05) is 4.90 Å². The van der Waals surface area contributed by atoms with Crippen LogP contribution in [0.3, 0.4) is 0 Å². The first-order valence-corrected chi connectivity index (χ1v) is 5.10. The zero-order valence-corrected chi connectivity index (χ0v) is 9.58. The lowest BCUT2D eigenvalue weighted by Crippen LogP contribution is -2.60. The Kier molecular flexibility index (Phi) is 3.17. The predicted octanol–water partition coefficient (Wildman–Crippen LogP) is -0.114. The second-order valence-corrected chi connectivity index (χ2v) is 4.78. The minimum atomic E-state index is -0.380. The van der Waals surface area contributed by atoms with Gasteiger partial charge in [-0.25, -0.2) is 0 Å². The molecule has 0 saturated carbocycles. The van der Waals surface area contributed by atoms with E-state index in [9.17, 15) is 4.79 Å². The van der Waals surface area contributed by atoms with Gasteiger partial charge >= 0.3 is 0 Å². The molecule has 14 heavy (non-hydrogen) atoms. The number of carbonyl (C=O) groups excluding carboxylic acids is 1. The number of amides is 1. The minimum absolute atomic E-state index is 0.0583. The number of likely N-dealkylation sites (N-methyl/N-ethyl adjacent to an activating group) is 1. The highest BCUT2D eigenvalue weighted by molar-refractivity contribution is 5.81. The summed E-state index contributed by atoms with van der Waals surface area (Å²) in [5, 5.41) is 0. The average Bonchev–Trinajstić information content (AvgIpc) is 2.08. The highest BCUT2D eigenvalue weighted by Gasteiger charge is 2.33. The molecule has 1 saturated heterocycles. The molecule has 82 valence electrons. The van der Waals surface area contributed by atoms with Crippen molar-refractivity contribution in [2.75, 3.05) is 26.7 Å². The summed E-state index contributed by atoms with van der Waals surface area (Å²) < 4.78 is 0. The molecule has 1 heterocycles. The second-order valence-electron chi connectivity index (χ2n) is 4.78. The van der Waals surface area contributed by atoms with E-state index in [4.69, 9.17) is 5.73 Å². The predicted molar refractivity (Wildman–Crippen MR) is 56.9 cm³/mol. The van der Waals surface area contributed by atoms with Crippen LogP contribution in [0.25, 0.3) is 0 Å². The van der Waals surface area contributed by atoms with Crippen molar-refractivity contribution in [3.05, 3.63) is 0 Å². The fourth-order valence-electron chi connectivity index (χ4n) is 1.72. The molecule has 1 atom stereocenters. The summed E-state index contributed by atoms with van der Waals surface area (Å²) in [4.78, 5) is 15.8. The standard InChI is InChI=1S/C10H21N3O/c1-8(11)9(14)13-6-5-12(4)10(2,3)7-13/h8H,5-7,11H2,1-4H3/t8-/m1/s1. The summed E-state index contributed by atoms with van der Waals surface area (Å²) in [5.74, 6) is 0.0613. The van der Waals surface area contributed by atoms with Gasteiger partial charge in [-0.15, -0.1) is 0 Å². The summed E-state index contributed by atoms with van der Waals surface area (Å²) in [6.45, 7) is 8.52. The van der Waals surface area contributed by atoms with Gasteiger partial charge in [0.15, 0.2) is 0 Å². The van der Waals surface area contributed by atoms with E-state index in [1.165, 1.54) is 0 Å². The van der Waals surface area contributed by atoms with Crippen LogP contribution in [-0.2, 0) is 4.79 Å². The van der Waals surface area contributed by atoms with E-state index in [1.54, 1.807) is 6.92 Å². The maximum atomic E-state index is 11.7. The normalized spacial score (nSPS) is 24.8. The number of hydrogen-bond acceptors (Lipinski definition) is 3. The van der Waals surface area contributed by atoms with Gasteiger partial charge in [-0.2, -0.15) is 0 Å². The van der Waals surface area contributed by atoms with Crippen LogP contribution in [0.1, 0.15) is 20.8 Å². The molecule has 1 aliphatic rings. The Morgan fingerprint density at radius 1 is 1.43 bits per heavy atom. The number of nitrogens with zero attached hydrogens (tertiary/aromatic N) is 2. The van der Waals surface area contributed by atoms with Gasteiger partial charge in [-0.3, -0.25) is 9.69 Å². The molecule has 1 fully saturated rings. The van der Waals surface area contributed by atoms with Crippen LogP contribution >= 0.6 is 0 Å². The van der Waals surface area contributed by atoms with Crippen molar-refractivity contribution in [1.82, 2.24) is 9.80 Å². The van der Waals surface area contributed by atoms with E-state index >= 15 is 0 Å². The molecule has 4 nitrogen and oxygen atoms in total. The van der Waals surface area contributed by atoms with Crippen LogP contribution in [0.15, 0.2) is 0 Å². The lowest BCUT2D eigenvalue weighted by molar-refractivity contribution is -0.136. The summed E-state index contributed by atoms with van der Waals surface area (Å²) in [6, 6.07) is -0.380. The average molecular weight is 199 g/mol. The first-order chi connectivity index (χ1) is 6.34. The number of carbonyl (C=O) groups is 1. The molecule has 1 aliphatic heterocycles. The van der Waals surface area contributed by atoms with E-state index in [0.29, 0.717) is 0 Å². The smallest absolute Gasteiger partial charge is 0.239 e. The van der Waals surface area contributed by atoms with Gasteiger partial charge in [0.2, 0.25) is 5.91 Å². The third-order valence-electron chi connectivity index (χ3n) is 3.02. The van der Waals surface area contributed by atoms with Crippen LogP contribution < -0.4 is 5.73 Å². The molecule has 0 aromatic heterocycles. The van der Waals surface area contributed by atoms with Gasteiger partial charge in [0.1, 0.15) is 0 Å². The van der Waals surface area contributed by atoms with Gasteiger partial charge in [0, 0.05) is 25.2 Å². The van der Waals surface area contributed by atoms with Crippen molar-refractivity contribution in [3.8, 4) is 0 Å². The highest BCUT2D eigenvalue weighted by Crippen LogP contribution is 2.18. The number of hydrogen-bond donors (Lipinski definition) is 1. The maximum absolute atomic E-state index is 11.7. The van der Waals surface area contributed by atoms with Crippen molar-refractivity contribution < 1.29 is 4.79 Å². The van der Waals surface area contributed by atoms with E-state index in [-0.39, 0.29) is 17.5 Å². The van der Waals surface area contributed by atoms with Crippen molar-refractivity contribution in [1.29, 1.82) is 0 Å². The number of nitrogens with two attached hydrogens (primary N) is 1. The Morgan fingerprint density at radius 3 is 2.43 bits per heavy atom. The lowest BCUT2D eigenvalue weighted by Gasteiger charge is -2.45. The van der Waals surface area contributed by atoms with Crippen molar-refractivity contribution >= 4 is 5.91 Å². The molecule has 1 amide bonds. The first kappa shape index (κ1) is 11.5. The van der Waals surface area contributed by atoms with Crippen LogP contribution in [0.2, 0.25) is 0 Å². The highest BCUT2D eigenvalue weighted by atomic mass is 16.2. The monoisotopic (exact) mass is 199 g/mol. The molecule has 2 N–H and O–H groups in total. The number of piperazine rings is 1. The van der Waals surface area contributed by atoms with Crippen LogP contribution in [0, 0.1) is 0 Å². The van der Waals surface area contributed by atoms with E-state index in [2.05, 4.69) is 25.8 Å². The van der Waals surface area contributed by atoms with Crippen molar-refractivity contribution in [3.63, 3.8) is 0 Å². The minimum Gasteiger partial charge on any atom is -0.338 e. The van der Waals surface area contributed by atoms with E-state index in [0.717, 1.165) is 19.6 Å². The quantitative estimate of drug-likeness (QED) is 0.641. The Morgan fingerprint density at radius 2 is 2.00 bits per heavy atom. The maximum Gasteiger partial charge on any atom is 0.239 e. The lowest BCUT2D eigenvalue weighted by atomic mass is 9.99. The van der Waals surface area contributed by atoms with Crippen LogP contribution in [-0.4, -0.2) is 54.0 Å². The topological polar surface area (TPSA) is 49.6 Å². The van der Waals surface area contributed by atoms with Crippen molar-refractivity contribution in [2.45, 2.75) is 32.4 Å². The van der Waals surface area contributed by atoms with Gasteiger partial charge in [-0.1, -0.05) is 0 Å². The Hall–Kier alpha value is -0.610. The molecule has 0 aromatic carbocycles. The summed E-state index contributed by atoms with van der Waals surface area (Å²) in [7, 11) is 2.09. The number of rotatable bonds is 1. The first-order valence-electron chi connectivity index (χ1n) is 5.10. The summed E-state index contributed by atoms with van der Waals surface area (Å²) >= 11 is 0. The fourth-order valence-corrected chi connectivity index (χ4v) is 1.72. The molecule has 4 heteroatoms. The van der Waals surface area contributed by atoms with Crippen LogP contribution in [0.5, 0.6) is 0 Å². The molecule has 0 aliphatic carbocycles. The Bertz CT molecular complexity index is 225. The molecular weight excluding hydrogens is 178 g/mol. The summed E-state index contributed by atoms with van der Waals surface area (Å²) in [5.41, 5.74) is 5.64. The molecule has 0 unspecified atom stereocenters. The van der Waals surface area contributed by atoms with Crippen LogP contribution in [0.4, 0.5) is 0 Å². The SMILES string of the molecule is C[C@@H](N)C(=O)N1CCN(C)C(C)(C)C1. The molecule has 0 bridgehead atoms. The molecule has 1 rings (SSSR count). The largest absolute Gasteiger partial charge is 0.338 e. The third-order valence-corrected chi connectivity index (χ3v) is 3.02. The fraction of sp³-hybridized carbons (Fsp3) is 0.900.